The van der Waals surface area contributed by atoms with Gasteiger partial charge >= 0.3 is 4.87 Å². The first kappa shape index (κ1) is 26.1. The second-order valence-corrected chi connectivity index (χ2v) is 11.7. The summed E-state index contributed by atoms with van der Waals surface area (Å²) in [6, 6.07) is 25.0. The second-order valence-electron chi connectivity index (χ2n) is 8.56. The Morgan fingerprint density at radius 3 is 2.37 bits per heavy atom. The van der Waals surface area contributed by atoms with Crippen molar-refractivity contribution in [2.24, 2.45) is 0 Å². The van der Waals surface area contributed by atoms with Crippen LogP contribution >= 0.6 is 22.9 Å². The number of nitrogens with zero attached hydrogens (tertiary/aromatic N) is 1. The van der Waals surface area contributed by atoms with Crippen molar-refractivity contribution < 1.29 is 17.5 Å². The highest BCUT2D eigenvalue weighted by Crippen LogP contribution is 2.24. The zero-order valence-electron chi connectivity index (χ0n) is 19.9. The number of fused-ring (bicyclic) bond motifs is 1. The van der Waals surface area contributed by atoms with Crippen molar-refractivity contribution >= 4 is 43.2 Å². The molecule has 0 radical (unpaired) electrons. The molecule has 6 nitrogen and oxygen atoms in total. The number of nitrogens with one attached hydrogen (secondary N) is 1. The summed E-state index contributed by atoms with van der Waals surface area (Å²) in [6.07, 6.45) is 0. The van der Waals surface area contributed by atoms with Gasteiger partial charge in [-0.3, -0.25) is 9.36 Å². The van der Waals surface area contributed by atoms with Crippen LogP contribution in [-0.4, -0.2) is 13.0 Å². The molecule has 5 rings (SSSR count). The summed E-state index contributed by atoms with van der Waals surface area (Å²) < 4.78 is 49.4. The zero-order valence-corrected chi connectivity index (χ0v) is 22.3. The van der Waals surface area contributed by atoms with Crippen LogP contribution in [0.2, 0.25) is 5.02 Å². The highest BCUT2D eigenvalue weighted by atomic mass is 35.5. The van der Waals surface area contributed by atoms with Crippen LogP contribution in [0.15, 0.2) is 101 Å². The van der Waals surface area contributed by atoms with E-state index in [2.05, 4.69) is 4.72 Å². The molecule has 10 heteroatoms. The number of hydrogen-bond acceptors (Lipinski definition) is 5. The highest BCUT2D eigenvalue weighted by molar-refractivity contribution is 7.89. The Bertz CT molecular complexity index is 1750. The Morgan fingerprint density at radius 1 is 0.921 bits per heavy atom. The van der Waals surface area contributed by atoms with E-state index in [1.807, 2.05) is 18.2 Å². The maximum atomic E-state index is 13.0. The molecule has 38 heavy (non-hydrogen) atoms. The molecule has 5 aromatic rings. The summed E-state index contributed by atoms with van der Waals surface area (Å²) in [5, 5.41) is 0.564. The van der Waals surface area contributed by atoms with Crippen molar-refractivity contribution in [2.45, 2.75) is 24.6 Å². The first-order valence-electron chi connectivity index (χ1n) is 11.6. The van der Waals surface area contributed by atoms with Crippen molar-refractivity contribution in [3.8, 4) is 5.75 Å². The van der Waals surface area contributed by atoms with Gasteiger partial charge in [-0.25, -0.2) is 17.5 Å². The Kier molecular flexibility index (Phi) is 7.62. The van der Waals surface area contributed by atoms with Gasteiger partial charge in [-0.15, -0.1) is 0 Å². The molecule has 0 aliphatic carbocycles. The van der Waals surface area contributed by atoms with Crippen LogP contribution in [0, 0.1) is 5.82 Å². The summed E-state index contributed by atoms with van der Waals surface area (Å²) in [7, 11) is -3.82. The number of ether oxygens (including phenoxy) is 1. The SMILES string of the molecule is O=c1sc2cc(S(=O)(=O)NCc3ccc(OCc4ccc(F)cc4)cc3)ccc2n1Cc1ccccc1Cl. The minimum atomic E-state index is -3.82. The fourth-order valence-corrected chi connectivity index (χ4v) is 6.12. The molecule has 1 aromatic heterocycles. The standard InChI is InChI=1S/C28H22ClFN2O4S2/c29-25-4-2-1-3-21(25)17-32-26-14-13-24(15-27(26)37-28(32)33)38(34,35)31-16-19-7-11-23(12-8-19)36-18-20-5-9-22(30)10-6-20/h1-15,31H,16-18H2. The van der Waals surface area contributed by atoms with E-state index in [4.69, 9.17) is 16.3 Å². The van der Waals surface area contributed by atoms with Crippen molar-refractivity contribution in [1.82, 2.24) is 9.29 Å². The van der Waals surface area contributed by atoms with E-state index in [9.17, 15) is 17.6 Å². The van der Waals surface area contributed by atoms with Crippen LogP contribution in [0.3, 0.4) is 0 Å². The van der Waals surface area contributed by atoms with E-state index in [0.29, 0.717) is 34.1 Å². The lowest BCUT2D eigenvalue weighted by Gasteiger charge is -2.10. The number of halogens is 2. The van der Waals surface area contributed by atoms with Gasteiger partial charge in [0.25, 0.3) is 0 Å². The third kappa shape index (κ3) is 5.97. The van der Waals surface area contributed by atoms with Gasteiger partial charge in [-0.1, -0.05) is 65.4 Å². The van der Waals surface area contributed by atoms with Crippen LogP contribution in [-0.2, 0) is 29.7 Å². The molecule has 0 amide bonds. The molecule has 0 saturated carbocycles. The molecular formula is C28H22ClFN2O4S2. The van der Waals surface area contributed by atoms with Crippen LogP contribution in [0.4, 0.5) is 4.39 Å². The Morgan fingerprint density at radius 2 is 1.63 bits per heavy atom. The van der Waals surface area contributed by atoms with Crippen LogP contribution < -0.4 is 14.3 Å². The molecule has 194 valence electrons. The van der Waals surface area contributed by atoms with Gasteiger partial charge in [0.1, 0.15) is 18.2 Å². The molecule has 0 unspecified atom stereocenters. The second kappa shape index (κ2) is 11.1. The monoisotopic (exact) mass is 568 g/mol. The van der Waals surface area contributed by atoms with E-state index in [1.165, 1.54) is 24.3 Å². The lowest BCUT2D eigenvalue weighted by molar-refractivity contribution is 0.306. The predicted octanol–water partition coefficient (Wildman–Crippen LogP) is 5.96. The molecule has 0 aliphatic heterocycles. The maximum absolute atomic E-state index is 13.0. The van der Waals surface area contributed by atoms with E-state index in [0.717, 1.165) is 28.0 Å². The summed E-state index contributed by atoms with van der Waals surface area (Å²) in [4.78, 5) is 12.5. The minimum absolute atomic E-state index is 0.0791. The summed E-state index contributed by atoms with van der Waals surface area (Å²) in [5.74, 6) is 0.311. The third-order valence-electron chi connectivity index (χ3n) is 5.94. The van der Waals surface area contributed by atoms with Crippen molar-refractivity contribution in [2.75, 3.05) is 0 Å². The molecule has 0 atom stereocenters. The number of hydrogen-bond donors (Lipinski definition) is 1. The molecule has 4 aromatic carbocycles. The van der Waals surface area contributed by atoms with Gasteiger partial charge in [0.2, 0.25) is 10.0 Å². The molecule has 0 saturated heterocycles. The molecule has 0 spiro atoms. The number of benzene rings is 4. The largest absolute Gasteiger partial charge is 0.489 e. The number of aromatic nitrogens is 1. The summed E-state index contributed by atoms with van der Waals surface area (Å²) in [6.45, 7) is 0.676. The average Bonchev–Trinajstić information content (AvgIpc) is 3.23. The zero-order chi connectivity index (χ0) is 26.7. The summed E-state index contributed by atoms with van der Waals surface area (Å²) >= 11 is 7.25. The van der Waals surface area contributed by atoms with Gasteiger partial charge in [0.05, 0.1) is 21.7 Å². The van der Waals surface area contributed by atoms with Gasteiger partial charge in [-0.2, -0.15) is 0 Å². The van der Waals surface area contributed by atoms with Gasteiger partial charge in [0.15, 0.2) is 0 Å². The molecule has 0 fully saturated rings. The van der Waals surface area contributed by atoms with Gasteiger partial charge in [-0.05, 0) is 65.2 Å². The molecule has 1 heterocycles. The lowest BCUT2D eigenvalue weighted by atomic mass is 10.2. The Hall–Kier alpha value is -3.50. The van der Waals surface area contributed by atoms with Crippen LogP contribution in [0.25, 0.3) is 10.2 Å². The average molecular weight is 569 g/mol. The third-order valence-corrected chi connectivity index (χ3v) is 8.65. The predicted molar refractivity (Wildman–Crippen MR) is 148 cm³/mol. The normalized spacial score (nSPS) is 11.6. The lowest BCUT2D eigenvalue weighted by Crippen LogP contribution is -2.23. The summed E-state index contributed by atoms with van der Waals surface area (Å²) in [5.41, 5.74) is 3.04. The Balaban J connectivity index is 1.25. The van der Waals surface area contributed by atoms with Crippen LogP contribution in [0.1, 0.15) is 16.7 Å². The molecule has 0 aliphatic rings. The van der Waals surface area contributed by atoms with Crippen molar-refractivity contribution in [1.29, 1.82) is 0 Å². The number of rotatable bonds is 9. The maximum Gasteiger partial charge on any atom is 0.308 e. The fraction of sp³-hybridized carbons (Fsp3) is 0.107. The van der Waals surface area contributed by atoms with Crippen LogP contribution in [0.5, 0.6) is 5.75 Å². The highest BCUT2D eigenvalue weighted by Gasteiger charge is 2.17. The van der Waals surface area contributed by atoms with E-state index in [1.54, 1.807) is 53.1 Å². The molecule has 0 bridgehead atoms. The fourth-order valence-electron chi connectivity index (χ4n) is 3.87. The number of thiazole rings is 1. The Labute approximate surface area is 228 Å². The van der Waals surface area contributed by atoms with E-state index >= 15 is 0 Å². The first-order chi connectivity index (χ1) is 18.3. The van der Waals surface area contributed by atoms with E-state index < -0.39 is 10.0 Å². The van der Waals surface area contributed by atoms with E-state index in [-0.39, 0.29) is 22.1 Å². The minimum Gasteiger partial charge on any atom is -0.489 e. The first-order valence-corrected chi connectivity index (χ1v) is 14.3. The van der Waals surface area contributed by atoms with Crippen molar-refractivity contribution in [3.05, 3.63) is 128 Å². The topological polar surface area (TPSA) is 77.4 Å². The quantitative estimate of drug-likeness (QED) is 0.238. The smallest absolute Gasteiger partial charge is 0.308 e. The number of sulfonamides is 1. The molecule has 1 N–H and O–H groups in total. The van der Waals surface area contributed by atoms with Gasteiger partial charge in [0, 0.05) is 11.6 Å². The van der Waals surface area contributed by atoms with Crippen molar-refractivity contribution in [3.63, 3.8) is 0 Å². The molecular weight excluding hydrogens is 547 g/mol. The van der Waals surface area contributed by atoms with Gasteiger partial charge < -0.3 is 4.74 Å².